The number of methoxy groups -OCH3 is 1. The number of nitrogens with zero attached hydrogens (tertiary/aromatic N) is 2. The Morgan fingerprint density at radius 2 is 2.04 bits per heavy atom. The third kappa shape index (κ3) is 3.29. The highest BCUT2D eigenvalue weighted by Crippen LogP contribution is 2.28. The van der Waals surface area contributed by atoms with Crippen LogP contribution in [0.3, 0.4) is 0 Å². The van der Waals surface area contributed by atoms with E-state index >= 15 is 0 Å². The van der Waals surface area contributed by atoms with E-state index in [-0.39, 0.29) is 11.5 Å². The number of aromatic nitrogens is 2. The number of anilines is 2. The molecule has 8 nitrogen and oxygen atoms in total. The molecule has 26 heavy (non-hydrogen) atoms. The number of nitrogens with one attached hydrogen (secondary N) is 2. The number of benzene rings is 1. The van der Waals surface area contributed by atoms with Gasteiger partial charge in [0.1, 0.15) is 11.3 Å². The minimum atomic E-state index is -0.610. The predicted molar refractivity (Wildman–Crippen MR) is 99.3 cm³/mol. The van der Waals surface area contributed by atoms with Crippen molar-refractivity contribution in [1.82, 2.24) is 9.38 Å². The Kier molecular flexibility index (Phi) is 4.72. The fourth-order valence-electron chi connectivity index (χ4n) is 2.46. The van der Waals surface area contributed by atoms with Crippen molar-refractivity contribution in [3.05, 3.63) is 51.4 Å². The maximum atomic E-state index is 12.6. The van der Waals surface area contributed by atoms with Crippen LogP contribution in [-0.2, 0) is 4.79 Å². The summed E-state index contributed by atoms with van der Waals surface area (Å²) in [5.41, 5.74) is 1.00. The second-order valence-electron chi connectivity index (χ2n) is 5.52. The van der Waals surface area contributed by atoms with E-state index in [1.807, 2.05) is 0 Å². The third-order valence-electron chi connectivity index (χ3n) is 3.63. The topological polar surface area (TPSA) is 102 Å². The maximum Gasteiger partial charge on any atom is 0.271 e. The van der Waals surface area contributed by atoms with Crippen LogP contribution in [0.15, 0.2) is 34.6 Å². The summed E-state index contributed by atoms with van der Waals surface area (Å²) >= 11 is 1.33. The molecule has 2 N–H and O–H groups in total. The van der Waals surface area contributed by atoms with Crippen LogP contribution >= 0.6 is 11.3 Å². The van der Waals surface area contributed by atoms with Crippen LogP contribution < -0.4 is 20.9 Å². The van der Waals surface area contributed by atoms with E-state index in [4.69, 9.17) is 4.74 Å². The lowest BCUT2D eigenvalue weighted by Gasteiger charge is -2.12. The second-order valence-corrected chi connectivity index (χ2v) is 6.36. The summed E-state index contributed by atoms with van der Waals surface area (Å²) < 4.78 is 6.62. The number of rotatable bonds is 4. The molecule has 0 fully saturated rings. The molecule has 0 saturated heterocycles. The lowest BCUT2D eigenvalue weighted by molar-refractivity contribution is -0.114. The zero-order chi connectivity index (χ0) is 18.8. The Morgan fingerprint density at radius 1 is 1.27 bits per heavy atom. The van der Waals surface area contributed by atoms with Gasteiger partial charge in [0.2, 0.25) is 5.91 Å². The fraction of sp³-hybridized carbons (Fsp3) is 0.176. The summed E-state index contributed by atoms with van der Waals surface area (Å²) in [4.78, 5) is 41.1. The number of aryl methyl sites for hydroxylation is 1. The summed E-state index contributed by atoms with van der Waals surface area (Å²) in [6.45, 7) is 3.15. The molecule has 9 heteroatoms. The van der Waals surface area contributed by atoms with Gasteiger partial charge in [0.15, 0.2) is 4.96 Å². The average molecular weight is 372 g/mol. The van der Waals surface area contributed by atoms with Crippen LogP contribution in [0, 0.1) is 6.92 Å². The average Bonchev–Trinajstić information content (AvgIpc) is 2.97. The molecule has 0 unspecified atom stereocenters. The molecule has 1 aromatic carbocycles. The van der Waals surface area contributed by atoms with E-state index < -0.39 is 11.5 Å². The highest BCUT2D eigenvalue weighted by atomic mass is 32.1. The van der Waals surface area contributed by atoms with Crippen molar-refractivity contribution < 1.29 is 14.3 Å². The molecule has 0 saturated carbocycles. The van der Waals surface area contributed by atoms with Crippen LogP contribution in [0.1, 0.15) is 23.0 Å². The van der Waals surface area contributed by atoms with Crippen molar-refractivity contribution in [2.75, 3.05) is 17.7 Å². The Labute approximate surface area is 152 Å². The predicted octanol–water partition coefficient (Wildman–Crippen LogP) is 2.28. The van der Waals surface area contributed by atoms with Crippen molar-refractivity contribution in [2.45, 2.75) is 13.8 Å². The number of ether oxygens (including phenoxy) is 1. The van der Waals surface area contributed by atoms with Crippen molar-refractivity contribution >= 4 is 39.5 Å². The smallest absolute Gasteiger partial charge is 0.271 e. The quantitative estimate of drug-likeness (QED) is 0.732. The summed E-state index contributed by atoms with van der Waals surface area (Å²) in [5.74, 6) is -0.456. The van der Waals surface area contributed by atoms with E-state index in [1.54, 1.807) is 30.5 Å². The summed E-state index contributed by atoms with van der Waals surface area (Å²) in [6.07, 6.45) is 1.26. The lowest BCUT2D eigenvalue weighted by atomic mass is 10.2. The molecular formula is C17H16N4O4S. The van der Waals surface area contributed by atoms with Crippen LogP contribution in [0.4, 0.5) is 11.4 Å². The minimum Gasteiger partial charge on any atom is -0.495 e. The Morgan fingerprint density at radius 3 is 2.73 bits per heavy atom. The van der Waals surface area contributed by atoms with Gasteiger partial charge < -0.3 is 15.4 Å². The van der Waals surface area contributed by atoms with Crippen molar-refractivity contribution in [3.8, 4) is 5.75 Å². The van der Waals surface area contributed by atoms with Crippen LogP contribution in [-0.4, -0.2) is 28.3 Å². The molecule has 0 atom stereocenters. The van der Waals surface area contributed by atoms with Gasteiger partial charge in [0, 0.05) is 29.9 Å². The number of thiazole rings is 1. The summed E-state index contributed by atoms with van der Waals surface area (Å²) in [5, 5.41) is 7.07. The highest BCUT2D eigenvalue weighted by molar-refractivity contribution is 7.15. The number of hydrogen-bond acceptors (Lipinski definition) is 6. The van der Waals surface area contributed by atoms with Crippen LogP contribution in [0.25, 0.3) is 4.96 Å². The molecule has 3 aromatic rings. The minimum absolute atomic E-state index is 0.0871. The molecule has 0 spiro atoms. The Balaban J connectivity index is 1.97. The SMILES string of the molecule is COc1ccc(NC(C)=O)cc1NC(=O)c1cnc2scc(C)n2c1=O. The highest BCUT2D eigenvalue weighted by Gasteiger charge is 2.17. The van der Waals surface area contributed by atoms with Gasteiger partial charge in [0.05, 0.1) is 12.8 Å². The van der Waals surface area contributed by atoms with Gasteiger partial charge in [-0.1, -0.05) is 0 Å². The van der Waals surface area contributed by atoms with Crippen molar-refractivity contribution in [1.29, 1.82) is 0 Å². The summed E-state index contributed by atoms with van der Waals surface area (Å²) in [7, 11) is 1.46. The van der Waals surface area contributed by atoms with Crippen molar-refractivity contribution in [2.24, 2.45) is 0 Å². The van der Waals surface area contributed by atoms with E-state index in [0.717, 1.165) is 0 Å². The van der Waals surface area contributed by atoms with Gasteiger partial charge in [-0.3, -0.25) is 18.8 Å². The molecule has 2 heterocycles. The molecule has 0 aliphatic heterocycles. The van der Waals surface area contributed by atoms with Crippen molar-refractivity contribution in [3.63, 3.8) is 0 Å². The van der Waals surface area contributed by atoms with E-state index in [1.165, 1.54) is 36.0 Å². The zero-order valence-electron chi connectivity index (χ0n) is 14.3. The molecular weight excluding hydrogens is 356 g/mol. The molecule has 0 aliphatic rings. The summed E-state index contributed by atoms with van der Waals surface area (Å²) in [6, 6.07) is 4.81. The largest absolute Gasteiger partial charge is 0.495 e. The van der Waals surface area contributed by atoms with Gasteiger partial charge in [0.25, 0.3) is 11.5 Å². The molecule has 3 rings (SSSR count). The Hall–Kier alpha value is -3.20. The van der Waals surface area contributed by atoms with Gasteiger partial charge in [-0.2, -0.15) is 0 Å². The fourth-order valence-corrected chi connectivity index (χ4v) is 3.28. The van der Waals surface area contributed by atoms with E-state index in [9.17, 15) is 14.4 Å². The monoisotopic (exact) mass is 372 g/mol. The van der Waals surface area contributed by atoms with Gasteiger partial charge >= 0.3 is 0 Å². The number of fused-ring (bicyclic) bond motifs is 1. The molecule has 134 valence electrons. The third-order valence-corrected chi connectivity index (χ3v) is 4.59. The number of carbonyl (C=O) groups excluding carboxylic acids is 2. The standard InChI is InChI=1S/C17H16N4O4S/c1-9-8-26-17-18-7-12(16(24)21(9)17)15(23)20-13-6-11(19-10(2)22)4-5-14(13)25-3/h4-8H,1-3H3,(H,19,22)(H,20,23). The first-order valence-corrected chi connectivity index (χ1v) is 8.51. The molecule has 0 bridgehead atoms. The van der Waals surface area contributed by atoms with Crippen LogP contribution in [0.5, 0.6) is 5.75 Å². The normalized spacial score (nSPS) is 10.6. The van der Waals surface area contributed by atoms with Gasteiger partial charge in [-0.25, -0.2) is 4.98 Å². The molecule has 2 aromatic heterocycles. The number of hydrogen-bond donors (Lipinski definition) is 2. The Bertz CT molecular complexity index is 1070. The van der Waals surface area contributed by atoms with E-state index in [0.29, 0.717) is 27.8 Å². The van der Waals surface area contributed by atoms with Crippen LogP contribution in [0.2, 0.25) is 0 Å². The van der Waals surface area contributed by atoms with E-state index in [2.05, 4.69) is 15.6 Å². The number of amides is 2. The first-order valence-electron chi connectivity index (χ1n) is 7.63. The zero-order valence-corrected chi connectivity index (χ0v) is 15.1. The molecule has 2 amide bonds. The second kappa shape index (κ2) is 6.96. The maximum absolute atomic E-state index is 12.6. The van der Waals surface area contributed by atoms with Gasteiger partial charge in [-0.05, 0) is 25.1 Å². The lowest BCUT2D eigenvalue weighted by Crippen LogP contribution is -2.26. The molecule has 0 radical (unpaired) electrons. The number of carbonyl (C=O) groups is 2. The first-order chi connectivity index (χ1) is 12.4. The first kappa shape index (κ1) is 17.6. The van der Waals surface area contributed by atoms with Gasteiger partial charge in [-0.15, -0.1) is 11.3 Å². The molecule has 0 aliphatic carbocycles.